The molecule has 0 aromatic heterocycles. The fourth-order valence-corrected chi connectivity index (χ4v) is 2.69. The number of benzene rings is 1. The largest absolute Gasteiger partial charge is 0.493 e. The van der Waals surface area contributed by atoms with Gasteiger partial charge in [-0.25, -0.2) is 0 Å². The van der Waals surface area contributed by atoms with E-state index in [1.54, 1.807) is 38.1 Å². The number of hydrogen-bond acceptors (Lipinski definition) is 5. The number of likely N-dealkylation sites (N-methyl/N-ethyl adjacent to an activating group) is 2. The van der Waals surface area contributed by atoms with Crippen LogP contribution in [0.3, 0.4) is 0 Å². The van der Waals surface area contributed by atoms with Crippen molar-refractivity contribution in [3.8, 4) is 11.5 Å². The Morgan fingerprint density at radius 2 is 1.73 bits per heavy atom. The Kier molecular flexibility index (Phi) is 6.85. The summed E-state index contributed by atoms with van der Waals surface area (Å²) in [5, 5.41) is 2.93. The lowest BCUT2D eigenvalue weighted by Crippen LogP contribution is -2.41. The highest BCUT2D eigenvalue weighted by Crippen LogP contribution is 2.30. The molecule has 1 aliphatic rings. The van der Waals surface area contributed by atoms with Crippen LogP contribution in [0.5, 0.6) is 11.5 Å². The maximum absolute atomic E-state index is 12.5. The van der Waals surface area contributed by atoms with E-state index in [9.17, 15) is 9.59 Å². The smallest absolute Gasteiger partial charge is 0.236 e. The first kappa shape index (κ1) is 20.0. The molecule has 0 atom stereocenters. The second kappa shape index (κ2) is 8.89. The summed E-state index contributed by atoms with van der Waals surface area (Å²) >= 11 is 0. The molecule has 2 rings (SSSR count). The van der Waals surface area contributed by atoms with Crippen LogP contribution in [-0.2, 0) is 16.1 Å². The topological polar surface area (TPSA) is 71.1 Å². The van der Waals surface area contributed by atoms with Crippen molar-refractivity contribution in [2.24, 2.45) is 0 Å². The van der Waals surface area contributed by atoms with E-state index in [-0.39, 0.29) is 24.9 Å². The molecule has 1 saturated carbocycles. The summed E-state index contributed by atoms with van der Waals surface area (Å²) in [6.45, 7) is 2.86. The highest BCUT2D eigenvalue weighted by molar-refractivity contribution is 5.81. The Bertz CT molecular complexity index is 658. The third-order valence-corrected chi connectivity index (χ3v) is 4.44. The monoisotopic (exact) mass is 363 g/mol. The molecule has 0 radical (unpaired) electrons. The molecule has 2 amide bonds. The molecule has 0 saturated heterocycles. The standard InChI is InChI=1S/C19H29N3O4/c1-13-8-16(25-4)17(26-5)9-14(13)10-22(3)19(24)12-21(2)11-18(23)20-15-6-7-15/h8-9,15H,6-7,10-12H2,1-5H3,(H,20,23). The van der Waals surface area contributed by atoms with E-state index in [0.29, 0.717) is 24.1 Å². The van der Waals surface area contributed by atoms with Gasteiger partial charge in [-0.2, -0.15) is 0 Å². The van der Waals surface area contributed by atoms with Gasteiger partial charge in [0, 0.05) is 19.6 Å². The normalized spacial score (nSPS) is 13.5. The number of ether oxygens (including phenoxy) is 2. The van der Waals surface area contributed by atoms with Crippen LogP contribution in [0.1, 0.15) is 24.0 Å². The Morgan fingerprint density at radius 3 is 2.31 bits per heavy atom. The quantitative estimate of drug-likeness (QED) is 0.713. The van der Waals surface area contributed by atoms with Gasteiger partial charge in [0.2, 0.25) is 11.8 Å². The van der Waals surface area contributed by atoms with Crippen LogP contribution in [0, 0.1) is 6.92 Å². The predicted octanol–water partition coefficient (Wildman–Crippen LogP) is 1.18. The molecule has 0 spiro atoms. The van der Waals surface area contributed by atoms with Crippen molar-refractivity contribution >= 4 is 11.8 Å². The minimum absolute atomic E-state index is 0.0267. The molecular formula is C19H29N3O4. The van der Waals surface area contributed by atoms with Crippen molar-refractivity contribution in [1.82, 2.24) is 15.1 Å². The Labute approximate surface area is 155 Å². The molecule has 1 aromatic rings. The zero-order valence-electron chi connectivity index (χ0n) is 16.3. The lowest BCUT2D eigenvalue weighted by molar-refractivity contribution is -0.132. The van der Waals surface area contributed by atoms with E-state index in [1.165, 1.54) is 0 Å². The van der Waals surface area contributed by atoms with Crippen molar-refractivity contribution in [2.75, 3.05) is 41.4 Å². The second-order valence-electron chi connectivity index (χ2n) is 6.90. The highest BCUT2D eigenvalue weighted by atomic mass is 16.5. The Morgan fingerprint density at radius 1 is 1.12 bits per heavy atom. The van der Waals surface area contributed by atoms with E-state index in [2.05, 4.69) is 5.32 Å². The van der Waals surface area contributed by atoms with Crippen molar-refractivity contribution in [2.45, 2.75) is 32.4 Å². The summed E-state index contributed by atoms with van der Waals surface area (Å²) in [6.07, 6.45) is 2.11. The number of carbonyl (C=O) groups excluding carboxylic acids is 2. The summed E-state index contributed by atoms with van der Waals surface area (Å²) in [5.41, 5.74) is 2.02. The van der Waals surface area contributed by atoms with Gasteiger partial charge in [-0.1, -0.05) is 0 Å². The first-order valence-corrected chi connectivity index (χ1v) is 8.77. The maximum Gasteiger partial charge on any atom is 0.236 e. The van der Waals surface area contributed by atoms with Gasteiger partial charge in [0.25, 0.3) is 0 Å². The lowest BCUT2D eigenvalue weighted by atomic mass is 10.1. The van der Waals surface area contributed by atoms with Gasteiger partial charge in [0.05, 0.1) is 27.3 Å². The third-order valence-electron chi connectivity index (χ3n) is 4.44. The van der Waals surface area contributed by atoms with Gasteiger partial charge < -0.3 is 19.7 Å². The zero-order valence-corrected chi connectivity index (χ0v) is 16.3. The van der Waals surface area contributed by atoms with Crippen molar-refractivity contribution in [1.29, 1.82) is 0 Å². The summed E-state index contributed by atoms with van der Waals surface area (Å²) in [5.74, 6) is 1.24. The average molecular weight is 363 g/mol. The van der Waals surface area contributed by atoms with Crippen molar-refractivity contribution < 1.29 is 19.1 Å². The summed E-state index contributed by atoms with van der Waals surface area (Å²) in [6, 6.07) is 4.13. The molecule has 0 heterocycles. The van der Waals surface area contributed by atoms with Gasteiger partial charge in [0.15, 0.2) is 11.5 Å². The second-order valence-corrected chi connectivity index (χ2v) is 6.90. The molecular weight excluding hydrogens is 334 g/mol. The van der Waals surface area contributed by atoms with Crippen LogP contribution in [0.25, 0.3) is 0 Å². The Hall–Kier alpha value is -2.28. The Balaban J connectivity index is 1.90. The van der Waals surface area contributed by atoms with Crippen LogP contribution in [0.2, 0.25) is 0 Å². The first-order valence-electron chi connectivity index (χ1n) is 8.77. The fourth-order valence-electron chi connectivity index (χ4n) is 2.69. The number of rotatable bonds is 9. The molecule has 1 N–H and O–H groups in total. The molecule has 7 nitrogen and oxygen atoms in total. The number of carbonyl (C=O) groups is 2. The first-order chi connectivity index (χ1) is 12.3. The fraction of sp³-hybridized carbons (Fsp3) is 0.579. The predicted molar refractivity (Wildman–Crippen MR) is 99.4 cm³/mol. The number of nitrogens with zero attached hydrogens (tertiary/aromatic N) is 2. The van der Waals surface area contributed by atoms with Gasteiger partial charge in [-0.05, 0) is 50.1 Å². The maximum atomic E-state index is 12.5. The number of nitrogens with one attached hydrogen (secondary N) is 1. The molecule has 7 heteroatoms. The molecule has 0 aliphatic heterocycles. The van der Waals surface area contributed by atoms with Gasteiger partial charge in [-0.15, -0.1) is 0 Å². The summed E-state index contributed by atoms with van der Waals surface area (Å²) < 4.78 is 10.6. The zero-order chi connectivity index (χ0) is 19.3. The summed E-state index contributed by atoms with van der Waals surface area (Å²) in [7, 11) is 6.73. The van der Waals surface area contributed by atoms with Gasteiger partial charge in [-0.3, -0.25) is 14.5 Å². The molecule has 144 valence electrons. The van der Waals surface area contributed by atoms with Crippen LogP contribution < -0.4 is 14.8 Å². The third kappa shape index (κ3) is 5.62. The number of hydrogen-bond donors (Lipinski definition) is 1. The highest BCUT2D eigenvalue weighted by Gasteiger charge is 2.24. The van der Waals surface area contributed by atoms with Gasteiger partial charge in [0.1, 0.15) is 0 Å². The molecule has 0 unspecified atom stereocenters. The molecule has 1 fully saturated rings. The minimum atomic E-state index is -0.0408. The summed E-state index contributed by atoms with van der Waals surface area (Å²) in [4.78, 5) is 27.7. The van der Waals surface area contributed by atoms with Crippen LogP contribution >= 0.6 is 0 Å². The number of methoxy groups -OCH3 is 2. The van der Waals surface area contributed by atoms with Crippen LogP contribution in [0.15, 0.2) is 12.1 Å². The average Bonchev–Trinajstić information content (AvgIpc) is 3.39. The number of amides is 2. The van der Waals surface area contributed by atoms with E-state index < -0.39 is 0 Å². The van der Waals surface area contributed by atoms with Crippen molar-refractivity contribution in [3.05, 3.63) is 23.3 Å². The van der Waals surface area contributed by atoms with Gasteiger partial charge >= 0.3 is 0 Å². The lowest BCUT2D eigenvalue weighted by Gasteiger charge is -2.23. The van der Waals surface area contributed by atoms with E-state index in [0.717, 1.165) is 24.0 Å². The SMILES string of the molecule is COc1cc(C)c(CN(C)C(=O)CN(C)CC(=O)NC2CC2)cc1OC. The molecule has 0 bridgehead atoms. The number of aryl methyl sites for hydroxylation is 1. The van der Waals surface area contributed by atoms with Crippen LogP contribution in [0.4, 0.5) is 0 Å². The molecule has 1 aliphatic carbocycles. The van der Waals surface area contributed by atoms with E-state index in [1.807, 2.05) is 19.1 Å². The van der Waals surface area contributed by atoms with Crippen LogP contribution in [-0.4, -0.2) is 69.1 Å². The van der Waals surface area contributed by atoms with E-state index in [4.69, 9.17) is 9.47 Å². The molecule has 1 aromatic carbocycles. The minimum Gasteiger partial charge on any atom is -0.493 e. The molecule has 26 heavy (non-hydrogen) atoms. The van der Waals surface area contributed by atoms with E-state index >= 15 is 0 Å². The van der Waals surface area contributed by atoms with Crippen molar-refractivity contribution in [3.63, 3.8) is 0 Å².